The molecule has 2 fully saturated rings. The zero-order valence-corrected chi connectivity index (χ0v) is 13.0. The molecule has 0 bridgehead atoms. The number of rotatable bonds is 6. The Morgan fingerprint density at radius 3 is 2.77 bits per heavy atom. The van der Waals surface area contributed by atoms with E-state index in [1.54, 1.807) is 4.90 Å². The second kappa shape index (κ2) is 6.06. The molecule has 1 unspecified atom stereocenters. The number of aromatic nitrogens is 2. The van der Waals surface area contributed by atoms with Gasteiger partial charge >= 0.3 is 0 Å². The van der Waals surface area contributed by atoms with E-state index in [0.717, 1.165) is 19.3 Å². The summed E-state index contributed by atoms with van der Waals surface area (Å²) < 4.78 is 5.53. The van der Waals surface area contributed by atoms with E-state index in [9.17, 15) is 9.59 Å². The third-order valence-electron chi connectivity index (χ3n) is 4.17. The maximum atomic E-state index is 12.4. The number of amides is 2. The topological polar surface area (TPSA) is 88.3 Å². The van der Waals surface area contributed by atoms with E-state index in [1.165, 1.54) is 0 Å². The van der Waals surface area contributed by atoms with E-state index in [1.807, 2.05) is 13.8 Å². The van der Waals surface area contributed by atoms with Crippen LogP contribution < -0.4 is 5.32 Å². The van der Waals surface area contributed by atoms with Crippen molar-refractivity contribution < 1.29 is 14.0 Å². The van der Waals surface area contributed by atoms with Crippen molar-refractivity contribution in [3.05, 3.63) is 11.8 Å². The van der Waals surface area contributed by atoms with Crippen LogP contribution in [0.4, 0.5) is 0 Å². The van der Waals surface area contributed by atoms with Gasteiger partial charge in [0, 0.05) is 18.9 Å². The van der Waals surface area contributed by atoms with Gasteiger partial charge in [0.15, 0.2) is 0 Å². The Balaban J connectivity index is 1.59. The minimum atomic E-state index is -0.430. The van der Waals surface area contributed by atoms with E-state index in [4.69, 9.17) is 4.42 Å². The third-order valence-corrected chi connectivity index (χ3v) is 4.17. The number of hydrogen-bond donors (Lipinski definition) is 1. The molecule has 2 aliphatic rings. The summed E-state index contributed by atoms with van der Waals surface area (Å²) in [4.78, 5) is 26.0. The number of carbonyl (C=O) groups is 2. The minimum Gasteiger partial charge on any atom is -0.423 e. The van der Waals surface area contributed by atoms with Crippen LogP contribution in [0.25, 0.3) is 0 Å². The first-order valence-corrected chi connectivity index (χ1v) is 7.95. The first-order valence-electron chi connectivity index (χ1n) is 7.95. The Bertz CT molecular complexity index is 565. The van der Waals surface area contributed by atoms with Crippen molar-refractivity contribution in [2.24, 2.45) is 5.92 Å². The molecule has 0 spiro atoms. The quantitative estimate of drug-likeness (QED) is 0.853. The van der Waals surface area contributed by atoms with Gasteiger partial charge in [0.1, 0.15) is 6.04 Å². The van der Waals surface area contributed by atoms with Crippen molar-refractivity contribution in [2.75, 3.05) is 6.54 Å². The van der Waals surface area contributed by atoms with Gasteiger partial charge in [-0.15, -0.1) is 10.2 Å². The summed E-state index contributed by atoms with van der Waals surface area (Å²) >= 11 is 0. The van der Waals surface area contributed by atoms with Crippen LogP contribution in [-0.2, 0) is 16.1 Å². The van der Waals surface area contributed by atoms with Gasteiger partial charge in [0.25, 0.3) is 0 Å². The summed E-state index contributed by atoms with van der Waals surface area (Å²) in [5, 5.41) is 10.8. The van der Waals surface area contributed by atoms with Crippen LogP contribution in [0.5, 0.6) is 0 Å². The van der Waals surface area contributed by atoms with Gasteiger partial charge < -0.3 is 14.6 Å². The molecule has 1 aliphatic heterocycles. The predicted octanol–water partition coefficient (Wildman–Crippen LogP) is 1.21. The summed E-state index contributed by atoms with van der Waals surface area (Å²) in [5.41, 5.74) is 0. The second-order valence-corrected chi connectivity index (χ2v) is 6.41. The highest BCUT2D eigenvalue weighted by atomic mass is 16.4. The molecule has 7 nitrogen and oxygen atoms in total. The lowest BCUT2D eigenvalue weighted by Crippen LogP contribution is -2.50. The van der Waals surface area contributed by atoms with E-state index in [2.05, 4.69) is 15.5 Å². The summed E-state index contributed by atoms with van der Waals surface area (Å²) in [7, 11) is 0. The zero-order chi connectivity index (χ0) is 15.7. The molecule has 1 aliphatic carbocycles. The summed E-state index contributed by atoms with van der Waals surface area (Å²) in [6.07, 6.45) is 3.55. The molecule has 1 aromatic rings. The van der Waals surface area contributed by atoms with Crippen molar-refractivity contribution in [3.63, 3.8) is 0 Å². The average Bonchev–Trinajstić information content (AvgIpc) is 3.08. The zero-order valence-electron chi connectivity index (χ0n) is 13.0. The van der Waals surface area contributed by atoms with Crippen LogP contribution in [0.15, 0.2) is 4.42 Å². The molecule has 1 saturated heterocycles. The van der Waals surface area contributed by atoms with E-state index >= 15 is 0 Å². The Hall–Kier alpha value is -1.92. The van der Waals surface area contributed by atoms with Crippen molar-refractivity contribution >= 4 is 11.8 Å². The number of likely N-dealkylation sites (tertiary alicyclic amines) is 1. The van der Waals surface area contributed by atoms with Crippen LogP contribution in [0.3, 0.4) is 0 Å². The fraction of sp³-hybridized carbons (Fsp3) is 0.733. The van der Waals surface area contributed by atoms with Crippen LogP contribution in [0, 0.1) is 5.92 Å². The molecular formula is C15H22N4O3. The van der Waals surface area contributed by atoms with E-state index in [0.29, 0.717) is 30.7 Å². The van der Waals surface area contributed by atoms with Gasteiger partial charge in [-0.2, -0.15) is 0 Å². The maximum Gasteiger partial charge on any atom is 0.243 e. The van der Waals surface area contributed by atoms with Gasteiger partial charge in [-0.1, -0.05) is 13.8 Å². The number of carbonyl (C=O) groups excluding carboxylic acids is 2. The van der Waals surface area contributed by atoms with Gasteiger partial charge in [0.2, 0.25) is 23.6 Å². The highest BCUT2D eigenvalue weighted by Crippen LogP contribution is 2.38. The molecule has 1 atom stereocenters. The second-order valence-electron chi connectivity index (χ2n) is 6.41. The molecule has 7 heteroatoms. The van der Waals surface area contributed by atoms with Crippen LogP contribution in [0.2, 0.25) is 0 Å². The molecule has 0 aromatic carbocycles. The SMILES string of the molecule is CC(C)C(C(=O)NCc1nnc(C2CC2)o1)N1CCCC1=O. The van der Waals surface area contributed by atoms with E-state index in [-0.39, 0.29) is 24.3 Å². The standard InChI is InChI=1S/C15H22N4O3/c1-9(2)13(19-7-3-4-12(19)20)14(21)16-8-11-17-18-15(22-11)10-5-6-10/h9-10,13H,3-8H2,1-2H3,(H,16,21). The first kappa shape index (κ1) is 15.0. The van der Waals surface area contributed by atoms with Gasteiger partial charge in [-0.25, -0.2) is 0 Å². The molecule has 1 saturated carbocycles. The molecule has 120 valence electrons. The largest absolute Gasteiger partial charge is 0.423 e. The molecule has 3 rings (SSSR count). The van der Waals surface area contributed by atoms with E-state index < -0.39 is 6.04 Å². The normalized spacial score (nSPS) is 19.8. The highest BCUT2D eigenvalue weighted by Gasteiger charge is 2.35. The Morgan fingerprint density at radius 2 is 2.18 bits per heavy atom. The summed E-state index contributed by atoms with van der Waals surface area (Å²) in [5.74, 6) is 1.46. The predicted molar refractivity (Wildman–Crippen MR) is 77.7 cm³/mol. The van der Waals surface area contributed by atoms with Crippen molar-refractivity contribution in [1.29, 1.82) is 0 Å². The molecule has 22 heavy (non-hydrogen) atoms. The highest BCUT2D eigenvalue weighted by molar-refractivity contribution is 5.88. The minimum absolute atomic E-state index is 0.0580. The lowest BCUT2D eigenvalue weighted by atomic mass is 10.0. The average molecular weight is 306 g/mol. The van der Waals surface area contributed by atoms with Gasteiger partial charge in [-0.05, 0) is 25.2 Å². The number of nitrogens with zero attached hydrogens (tertiary/aromatic N) is 3. The Kier molecular flexibility index (Phi) is 4.13. The smallest absolute Gasteiger partial charge is 0.243 e. The molecular weight excluding hydrogens is 284 g/mol. The molecule has 1 aromatic heterocycles. The number of nitrogens with one attached hydrogen (secondary N) is 1. The van der Waals surface area contributed by atoms with Crippen LogP contribution in [-0.4, -0.2) is 39.5 Å². The lowest BCUT2D eigenvalue weighted by Gasteiger charge is -2.29. The van der Waals surface area contributed by atoms with Crippen molar-refractivity contribution in [3.8, 4) is 0 Å². The molecule has 1 N–H and O–H groups in total. The maximum absolute atomic E-state index is 12.4. The Labute approximate surface area is 129 Å². The monoisotopic (exact) mass is 306 g/mol. The van der Waals surface area contributed by atoms with Crippen molar-refractivity contribution in [2.45, 2.75) is 58.0 Å². The fourth-order valence-electron chi connectivity index (χ4n) is 2.87. The molecule has 2 amide bonds. The lowest BCUT2D eigenvalue weighted by molar-refractivity contribution is -0.139. The third kappa shape index (κ3) is 3.13. The van der Waals surface area contributed by atoms with Gasteiger partial charge in [0.05, 0.1) is 6.54 Å². The van der Waals surface area contributed by atoms with Crippen molar-refractivity contribution in [1.82, 2.24) is 20.4 Å². The molecule has 2 heterocycles. The first-order chi connectivity index (χ1) is 10.6. The fourth-order valence-corrected chi connectivity index (χ4v) is 2.87. The van der Waals surface area contributed by atoms with Crippen LogP contribution in [0.1, 0.15) is 57.2 Å². The Morgan fingerprint density at radius 1 is 1.41 bits per heavy atom. The summed E-state index contributed by atoms with van der Waals surface area (Å²) in [6, 6.07) is -0.430. The summed E-state index contributed by atoms with van der Waals surface area (Å²) in [6.45, 7) is 4.77. The van der Waals surface area contributed by atoms with Gasteiger partial charge in [-0.3, -0.25) is 9.59 Å². The number of hydrogen-bond acceptors (Lipinski definition) is 5. The molecule has 0 radical (unpaired) electrons. The van der Waals surface area contributed by atoms with Crippen LogP contribution >= 0.6 is 0 Å².